The zero-order valence-electron chi connectivity index (χ0n) is 21.7. The molecule has 204 valence electrons. The number of ether oxygens (including phenoxy) is 2. The van der Waals surface area contributed by atoms with Gasteiger partial charge in [0.05, 0.1) is 37.1 Å². The predicted molar refractivity (Wildman–Crippen MR) is 159 cm³/mol. The maximum absolute atomic E-state index is 13.5. The van der Waals surface area contributed by atoms with Gasteiger partial charge < -0.3 is 14.4 Å². The molecule has 0 N–H and O–H groups in total. The van der Waals surface area contributed by atoms with Crippen molar-refractivity contribution in [2.45, 2.75) is 38.6 Å². The normalized spacial score (nSPS) is 17.4. The van der Waals surface area contributed by atoms with Gasteiger partial charge in [-0.2, -0.15) is 5.10 Å². The van der Waals surface area contributed by atoms with Crippen molar-refractivity contribution in [1.29, 1.82) is 0 Å². The average Bonchev–Trinajstić information content (AvgIpc) is 3.39. The van der Waals surface area contributed by atoms with Crippen LogP contribution in [0.4, 0.5) is 0 Å². The molecule has 0 radical (unpaired) electrons. The second kappa shape index (κ2) is 12.6. The van der Waals surface area contributed by atoms with Gasteiger partial charge in [-0.3, -0.25) is 9.59 Å². The van der Waals surface area contributed by atoms with Crippen LogP contribution in [0.1, 0.15) is 49.8 Å². The molecule has 0 bridgehead atoms. The number of benzene rings is 2. The highest BCUT2D eigenvalue weighted by atomic mass is 127. The van der Waals surface area contributed by atoms with Crippen LogP contribution in [0.3, 0.4) is 0 Å². The molecule has 1 aromatic heterocycles. The zero-order chi connectivity index (χ0) is 27.4. The molecule has 1 unspecified atom stereocenters. The van der Waals surface area contributed by atoms with Crippen molar-refractivity contribution in [3.63, 3.8) is 0 Å². The summed E-state index contributed by atoms with van der Waals surface area (Å²) in [6.07, 6.45) is 1.50. The van der Waals surface area contributed by atoms with Crippen LogP contribution in [-0.4, -0.2) is 65.3 Å². The van der Waals surface area contributed by atoms with Crippen molar-refractivity contribution in [3.8, 4) is 5.75 Å². The smallest absolute Gasteiger partial charge is 0.243 e. The number of amides is 2. The Labute approximate surface area is 246 Å². The van der Waals surface area contributed by atoms with Crippen LogP contribution < -0.4 is 4.74 Å². The molecule has 5 rings (SSSR count). The number of fused-ring (bicyclic) bond motifs is 1. The third-order valence-electron chi connectivity index (χ3n) is 6.93. The number of halogens is 2. The molecule has 1 atom stereocenters. The highest BCUT2D eigenvalue weighted by molar-refractivity contribution is 14.1. The lowest BCUT2D eigenvalue weighted by molar-refractivity contribution is -0.136. The van der Waals surface area contributed by atoms with Crippen molar-refractivity contribution in [2.75, 3.05) is 32.9 Å². The molecule has 2 aliphatic heterocycles. The fourth-order valence-electron chi connectivity index (χ4n) is 4.91. The van der Waals surface area contributed by atoms with E-state index in [9.17, 15) is 9.59 Å². The molecule has 3 aromatic rings. The van der Waals surface area contributed by atoms with E-state index in [2.05, 4.69) is 27.6 Å². The highest BCUT2D eigenvalue weighted by Gasteiger charge is 2.35. The molecule has 0 saturated carbocycles. The van der Waals surface area contributed by atoms with Crippen LogP contribution in [0.25, 0.3) is 10.9 Å². The van der Waals surface area contributed by atoms with Crippen molar-refractivity contribution in [3.05, 3.63) is 68.4 Å². The molecule has 1 fully saturated rings. The topological polar surface area (TPSA) is 84.3 Å². The van der Waals surface area contributed by atoms with E-state index in [4.69, 9.17) is 26.2 Å². The van der Waals surface area contributed by atoms with Crippen LogP contribution in [0, 0.1) is 3.57 Å². The molecule has 10 heteroatoms. The Bertz CT molecular complexity index is 1390. The van der Waals surface area contributed by atoms with Crippen molar-refractivity contribution < 1.29 is 19.1 Å². The number of nitrogens with zero attached hydrogens (tertiary/aromatic N) is 4. The van der Waals surface area contributed by atoms with E-state index in [1.165, 1.54) is 5.01 Å². The van der Waals surface area contributed by atoms with Gasteiger partial charge in [0.1, 0.15) is 10.9 Å². The fraction of sp³-hybridized carbons (Fsp3) is 0.379. The lowest BCUT2D eigenvalue weighted by atomic mass is 9.98. The third-order valence-corrected chi connectivity index (χ3v) is 7.95. The number of rotatable bonds is 8. The molecule has 0 aliphatic carbocycles. The standard InChI is InChI=1S/C29H30ClIN4O4/c1-2-39-22-11-8-20-16-23(29(30)32-24(20)17-22)26-18-25(19-6-9-21(31)10-7-19)33-35(26)28(37)5-3-4-27(36)34-12-14-38-15-13-34/h6-11,16-17,26H,2-5,12-15,18H2,1H3. The summed E-state index contributed by atoms with van der Waals surface area (Å²) >= 11 is 8.99. The van der Waals surface area contributed by atoms with Crippen LogP contribution in [-0.2, 0) is 14.3 Å². The van der Waals surface area contributed by atoms with Crippen LogP contribution >= 0.6 is 34.2 Å². The summed E-state index contributed by atoms with van der Waals surface area (Å²) in [5.74, 6) is 0.647. The van der Waals surface area contributed by atoms with Gasteiger partial charge in [0.2, 0.25) is 11.8 Å². The average molecular weight is 661 g/mol. The maximum Gasteiger partial charge on any atom is 0.243 e. The molecule has 1 saturated heterocycles. The first kappa shape index (κ1) is 27.8. The Balaban J connectivity index is 1.38. The number of aromatic nitrogens is 1. The van der Waals surface area contributed by atoms with E-state index in [1.807, 2.05) is 55.5 Å². The van der Waals surface area contributed by atoms with Gasteiger partial charge in [0, 0.05) is 52.9 Å². The quantitative estimate of drug-likeness (QED) is 0.232. The summed E-state index contributed by atoms with van der Waals surface area (Å²) in [7, 11) is 0. The molecule has 39 heavy (non-hydrogen) atoms. The Kier molecular flexibility index (Phi) is 8.99. The first-order chi connectivity index (χ1) is 18.9. The SMILES string of the molecule is CCOc1ccc2cc(C3CC(c4ccc(I)cc4)=NN3C(=O)CCCC(=O)N3CCOCC3)c(Cl)nc2c1. The largest absolute Gasteiger partial charge is 0.494 e. The lowest BCUT2D eigenvalue weighted by Crippen LogP contribution is -2.40. The second-order valence-electron chi connectivity index (χ2n) is 9.51. The first-order valence-electron chi connectivity index (χ1n) is 13.2. The number of hydrogen-bond donors (Lipinski definition) is 0. The fourth-order valence-corrected chi connectivity index (χ4v) is 5.54. The zero-order valence-corrected chi connectivity index (χ0v) is 24.7. The molecule has 8 nitrogen and oxygen atoms in total. The van der Waals surface area contributed by atoms with E-state index < -0.39 is 6.04 Å². The maximum atomic E-state index is 13.5. The van der Waals surface area contributed by atoms with Crippen LogP contribution in [0.2, 0.25) is 5.15 Å². The van der Waals surface area contributed by atoms with Crippen molar-refractivity contribution >= 4 is 62.6 Å². The Hall–Kier alpha value is -2.76. The summed E-state index contributed by atoms with van der Waals surface area (Å²) in [6, 6.07) is 15.4. The summed E-state index contributed by atoms with van der Waals surface area (Å²) in [5.41, 5.74) is 3.25. The minimum Gasteiger partial charge on any atom is -0.494 e. The van der Waals surface area contributed by atoms with Gasteiger partial charge in [-0.05, 0) is 71.8 Å². The summed E-state index contributed by atoms with van der Waals surface area (Å²) in [4.78, 5) is 32.5. The van der Waals surface area contributed by atoms with Gasteiger partial charge in [-0.1, -0.05) is 23.7 Å². The molecule has 0 spiro atoms. The number of hydrogen-bond acceptors (Lipinski definition) is 6. The van der Waals surface area contributed by atoms with E-state index >= 15 is 0 Å². The van der Waals surface area contributed by atoms with Gasteiger partial charge in [0.15, 0.2) is 0 Å². The van der Waals surface area contributed by atoms with Gasteiger partial charge in [-0.15, -0.1) is 0 Å². The van der Waals surface area contributed by atoms with Crippen molar-refractivity contribution in [2.24, 2.45) is 5.10 Å². The van der Waals surface area contributed by atoms with E-state index in [0.717, 1.165) is 37.1 Å². The summed E-state index contributed by atoms with van der Waals surface area (Å²) < 4.78 is 12.1. The molecular weight excluding hydrogens is 631 g/mol. The molecule has 2 aromatic carbocycles. The highest BCUT2D eigenvalue weighted by Crippen LogP contribution is 2.38. The summed E-state index contributed by atoms with van der Waals surface area (Å²) in [6.45, 7) is 4.82. The second-order valence-corrected chi connectivity index (χ2v) is 11.1. The predicted octanol–water partition coefficient (Wildman–Crippen LogP) is 5.60. The number of pyridine rings is 1. The Morgan fingerprint density at radius 2 is 1.82 bits per heavy atom. The minimum atomic E-state index is -0.391. The van der Waals surface area contributed by atoms with Crippen LogP contribution in [0.15, 0.2) is 53.6 Å². The Morgan fingerprint density at radius 1 is 1.08 bits per heavy atom. The third kappa shape index (κ3) is 6.53. The van der Waals surface area contributed by atoms with Crippen molar-refractivity contribution in [1.82, 2.24) is 14.9 Å². The number of carbonyl (C=O) groups is 2. The summed E-state index contributed by atoms with van der Waals surface area (Å²) in [5, 5.41) is 7.55. The number of morpholine rings is 1. The molecule has 3 heterocycles. The van der Waals surface area contributed by atoms with Gasteiger partial charge >= 0.3 is 0 Å². The lowest BCUT2D eigenvalue weighted by Gasteiger charge is -2.27. The van der Waals surface area contributed by atoms with E-state index in [-0.39, 0.29) is 18.2 Å². The first-order valence-corrected chi connectivity index (χ1v) is 14.6. The van der Waals surface area contributed by atoms with Crippen LogP contribution in [0.5, 0.6) is 5.75 Å². The van der Waals surface area contributed by atoms with E-state index in [1.54, 1.807) is 4.90 Å². The Morgan fingerprint density at radius 3 is 2.56 bits per heavy atom. The van der Waals surface area contributed by atoms with Gasteiger partial charge in [0.25, 0.3) is 0 Å². The number of hydrazone groups is 1. The number of carbonyl (C=O) groups excluding carboxylic acids is 2. The minimum absolute atomic E-state index is 0.0559. The molecule has 2 amide bonds. The monoisotopic (exact) mass is 660 g/mol. The van der Waals surface area contributed by atoms with Gasteiger partial charge in [-0.25, -0.2) is 9.99 Å². The molecular formula is C29H30ClIN4O4. The van der Waals surface area contributed by atoms with E-state index in [0.29, 0.717) is 57.3 Å². The molecule has 2 aliphatic rings.